The minimum Gasteiger partial charge on any atom is -0.465 e. The molecule has 12 heteroatoms. The van der Waals surface area contributed by atoms with Crippen molar-refractivity contribution in [1.29, 1.82) is 0 Å². The molecule has 3 rings (SSSR count). The van der Waals surface area contributed by atoms with Crippen LogP contribution in [0.2, 0.25) is 0 Å². The Labute approximate surface area is 216 Å². The van der Waals surface area contributed by atoms with E-state index in [9.17, 15) is 14.4 Å². The molecule has 188 valence electrons. The Morgan fingerprint density at radius 2 is 1.97 bits per heavy atom. The largest absolute Gasteiger partial charge is 0.465 e. The number of aromatic nitrogens is 3. The van der Waals surface area contributed by atoms with Crippen LogP contribution in [0.15, 0.2) is 16.6 Å². The van der Waals surface area contributed by atoms with Crippen LogP contribution in [0.25, 0.3) is 11.4 Å². The molecule has 0 aromatic carbocycles. The number of anilines is 1. The van der Waals surface area contributed by atoms with Gasteiger partial charge in [-0.05, 0) is 31.4 Å². The molecule has 0 aliphatic carbocycles. The molecule has 0 radical (unpaired) electrons. The highest BCUT2D eigenvalue weighted by Crippen LogP contribution is 2.35. The average molecular weight is 536 g/mol. The van der Waals surface area contributed by atoms with Gasteiger partial charge in [0.25, 0.3) is 5.91 Å². The number of ether oxygens (including phenoxy) is 1. The molecular formula is C23H29N5O4S3. The van der Waals surface area contributed by atoms with Crippen molar-refractivity contribution in [1.82, 2.24) is 19.7 Å². The summed E-state index contributed by atoms with van der Waals surface area (Å²) in [4.78, 5) is 40.8. The molecule has 2 amide bonds. The van der Waals surface area contributed by atoms with Crippen LogP contribution in [0, 0.1) is 6.92 Å². The lowest BCUT2D eigenvalue weighted by atomic mass is 10.1. The number of thioether (sulfide) groups is 1. The summed E-state index contributed by atoms with van der Waals surface area (Å²) >= 11 is 4.04. The van der Waals surface area contributed by atoms with E-state index in [1.165, 1.54) is 28.6 Å². The van der Waals surface area contributed by atoms with Gasteiger partial charge < -0.3 is 19.5 Å². The van der Waals surface area contributed by atoms with Gasteiger partial charge in [-0.3, -0.25) is 9.59 Å². The number of carbonyl (C=O) groups excluding carboxylic acids is 3. The van der Waals surface area contributed by atoms with Crippen LogP contribution < -0.4 is 5.32 Å². The SMILES string of the molecule is CCCn1c(SCC(=O)Nc2sc(C(=O)N(C)C)c(C)c2C(=O)OC)nnc1-c1csc(CC)c1. The van der Waals surface area contributed by atoms with E-state index < -0.39 is 5.97 Å². The maximum atomic E-state index is 12.8. The van der Waals surface area contributed by atoms with Gasteiger partial charge in [0.15, 0.2) is 11.0 Å². The van der Waals surface area contributed by atoms with Crippen LogP contribution >= 0.6 is 34.4 Å². The Morgan fingerprint density at radius 3 is 2.57 bits per heavy atom. The number of carbonyl (C=O) groups is 3. The summed E-state index contributed by atoms with van der Waals surface area (Å²) in [5, 5.41) is 14.5. The molecule has 3 aromatic rings. The van der Waals surface area contributed by atoms with Crippen molar-refractivity contribution in [2.24, 2.45) is 0 Å². The molecule has 3 heterocycles. The predicted octanol–water partition coefficient (Wildman–Crippen LogP) is 4.57. The second kappa shape index (κ2) is 11.8. The van der Waals surface area contributed by atoms with Crippen LogP contribution in [0.1, 0.15) is 50.7 Å². The van der Waals surface area contributed by atoms with Gasteiger partial charge in [-0.25, -0.2) is 4.79 Å². The number of thiophene rings is 2. The normalized spacial score (nSPS) is 10.9. The highest BCUT2D eigenvalue weighted by Gasteiger charge is 2.27. The van der Waals surface area contributed by atoms with Crippen molar-refractivity contribution in [2.45, 2.75) is 45.3 Å². The van der Waals surface area contributed by atoms with E-state index in [2.05, 4.69) is 40.8 Å². The van der Waals surface area contributed by atoms with Crippen molar-refractivity contribution >= 4 is 57.2 Å². The molecule has 0 bridgehead atoms. The summed E-state index contributed by atoms with van der Waals surface area (Å²) in [6.07, 6.45) is 1.86. The number of esters is 1. The first-order valence-electron chi connectivity index (χ1n) is 11.1. The molecular weight excluding hydrogens is 506 g/mol. The smallest absolute Gasteiger partial charge is 0.341 e. The first kappa shape index (κ1) is 26.9. The lowest BCUT2D eigenvalue weighted by Gasteiger charge is -2.09. The van der Waals surface area contributed by atoms with Gasteiger partial charge in [-0.2, -0.15) is 0 Å². The quantitative estimate of drug-likeness (QED) is 0.299. The molecule has 0 fully saturated rings. The number of aryl methyl sites for hydroxylation is 1. The second-order valence-corrected chi connectivity index (χ2v) is 10.9. The summed E-state index contributed by atoms with van der Waals surface area (Å²) in [6.45, 7) is 6.60. The minimum absolute atomic E-state index is 0.0697. The van der Waals surface area contributed by atoms with Gasteiger partial charge in [0.2, 0.25) is 5.91 Å². The van der Waals surface area contributed by atoms with Crippen LogP contribution in [-0.2, 0) is 22.5 Å². The average Bonchev–Trinajstić information content (AvgIpc) is 3.54. The minimum atomic E-state index is -0.603. The molecule has 35 heavy (non-hydrogen) atoms. The van der Waals surface area contributed by atoms with Crippen molar-refractivity contribution in [3.63, 3.8) is 0 Å². The summed E-state index contributed by atoms with van der Waals surface area (Å²) in [6, 6.07) is 2.13. The van der Waals surface area contributed by atoms with Crippen molar-refractivity contribution in [3.8, 4) is 11.4 Å². The third-order valence-electron chi connectivity index (χ3n) is 5.15. The van der Waals surface area contributed by atoms with Crippen molar-refractivity contribution in [2.75, 3.05) is 32.3 Å². The maximum absolute atomic E-state index is 12.8. The van der Waals surface area contributed by atoms with Crippen molar-refractivity contribution < 1.29 is 19.1 Å². The molecule has 1 N–H and O–H groups in total. The van der Waals surface area contributed by atoms with E-state index in [1.54, 1.807) is 32.4 Å². The van der Waals surface area contributed by atoms with Crippen LogP contribution in [0.3, 0.4) is 0 Å². The fourth-order valence-corrected chi connectivity index (χ4v) is 6.18. The van der Waals surface area contributed by atoms with Gasteiger partial charge in [0.1, 0.15) is 5.00 Å². The fourth-order valence-electron chi connectivity index (χ4n) is 3.37. The number of nitrogens with one attached hydrogen (secondary N) is 1. The van der Waals surface area contributed by atoms with Crippen LogP contribution in [-0.4, -0.2) is 64.4 Å². The first-order valence-corrected chi connectivity index (χ1v) is 13.8. The van der Waals surface area contributed by atoms with Gasteiger partial charge in [0, 0.05) is 36.5 Å². The number of amides is 2. The standard InChI is InChI=1S/C23H29N5O4S3/c1-7-9-28-19(14-10-15(8-2)33-11-14)25-26-23(28)34-12-16(29)24-20-17(22(31)32-6)13(3)18(35-20)21(30)27(4)5/h10-11H,7-9,12H2,1-6H3,(H,24,29). The van der Waals surface area contributed by atoms with E-state index in [1.807, 2.05) is 4.57 Å². The number of hydrogen-bond acceptors (Lipinski definition) is 9. The molecule has 3 aromatic heterocycles. The number of hydrogen-bond donors (Lipinski definition) is 1. The van der Waals surface area contributed by atoms with Gasteiger partial charge in [0.05, 0.1) is 23.3 Å². The third-order valence-corrected chi connectivity index (χ3v) is 8.39. The second-order valence-electron chi connectivity index (χ2n) is 7.90. The summed E-state index contributed by atoms with van der Waals surface area (Å²) < 4.78 is 6.92. The molecule has 0 saturated carbocycles. The Kier molecular flexibility index (Phi) is 9.09. The van der Waals surface area contributed by atoms with E-state index >= 15 is 0 Å². The highest BCUT2D eigenvalue weighted by molar-refractivity contribution is 7.99. The Bertz CT molecular complexity index is 1230. The third kappa shape index (κ3) is 5.93. The number of rotatable bonds is 10. The van der Waals surface area contributed by atoms with Crippen LogP contribution in [0.5, 0.6) is 0 Å². The van der Waals surface area contributed by atoms with E-state index in [0.717, 1.165) is 42.1 Å². The molecule has 0 unspecified atom stereocenters. The zero-order valence-electron chi connectivity index (χ0n) is 20.6. The van der Waals surface area contributed by atoms with E-state index in [-0.39, 0.29) is 23.1 Å². The molecule has 0 aliphatic heterocycles. The first-order chi connectivity index (χ1) is 16.7. The van der Waals surface area contributed by atoms with Crippen molar-refractivity contribution in [3.05, 3.63) is 32.3 Å². The Balaban J connectivity index is 1.79. The Morgan fingerprint density at radius 1 is 1.23 bits per heavy atom. The number of methoxy groups -OCH3 is 1. The summed E-state index contributed by atoms with van der Waals surface area (Å²) in [5.74, 6) is -0.303. The molecule has 0 aliphatic rings. The number of nitrogens with zero attached hydrogens (tertiary/aromatic N) is 4. The monoisotopic (exact) mass is 535 g/mol. The van der Waals surface area contributed by atoms with Crippen LogP contribution in [0.4, 0.5) is 5.00 Å². The zero-order valence-corrected chi connectivity index (χ0v) is 23.1. The van der Waals surface area contributed by atoms with Gasteiger partial charge in [-0.1, -0.05) is 25.6 Å². The predicted molar refractivity (Wildman–Crippen MR) is 141 cm³/mol. The van der Waals surface area contributed by atoms with E-state index in [4.69, 9.17) is 4.74 Å². The highest BCUT2D eigenvalue weighted by atomic mass is 32.2. The zero-order chi connectivity index (χ0) is 25.7. The molecule has 0 spiro atoms. The van der Waals surface area contributed by atoms with Gasteiger partial charge in [-0.15, -0.1) is 32.9 Å². The summed E-state index contributed by atoms with van der Waals surface area (Å²) in [7, 11) is 4.53. The van der Waals surface area contributed by atoms with Gasteiger partial charge >= 0.3 is 5.97 Å². The molecule has 9 nitrogen and oxygen atoms in total. The maximum Gasteiger partial charge on any atom is 0.341 e. The topological polar surface area (TPSA) is 106 Å². The lowest BCUT2D eigenvalue weighted by molar-refractivity contribution is -0.113. The van der Waals surface area contributed by atoms with E-state index in [0.29, 0.717) is 20.6 Å². The Hall–Kier alpha value is -2.70. The summed E-state index contributed by atoms with van der Waals surface area (Å²) in [5.41, 5.74) is 1.71. The molecule has 0 atom stereocenters. The molecule has 0 saturated heterocycles. The fraction of sp³-hybridized carbons (Fsp3) is 0.435. The lowest BCUT2D eigenvalue weighted by Crippen LogP contribution is -2.21.